The molecule has 1 aromatic rings. The van der Waals surface area contributed by atoms with E-state index in [-0.39, 0.29) is 19.1 Å². The minimum absolute atomic E-state index is 0.0851. The first-order chi connectivity index (χ1) is 16.5. The number of ether oxygens (including phenoxy) is 4. The van der Waals surface area contributed by atoms with Crippen molar-refractivity contribution in [3.63, 3.8) is 0 Å². The number of hydrogen-bond acceptors (Lipinski definition) is 9. The summed E-state index contributed by atoms with van der Waals surface area (Å²) in [7, 11) is 0. The molecule has 9 nitrogen and oxygen atoms in total. The summed E-state index contributed by atoms with van der Waals surface area (Å²) < 4.78 is 22.4. The maximum Gasteiger partial charge on any atom is 0.338 e. The van der Waals surface area contributed by atoms with Crippen LogP contribution in [0.5, 0.6) is 11.5 Å². The lowest BCUT2D eigenvalue weighted by Gasteiger charge is -2.33. The summed E-state index contributed by atoms with van der Waals surface area (Å²) in [6, 6.07) is 5.10. The zero-order valence-corrected chi connectivity index (χ0v) is 20.4. The lowest BCUT2D eigenvalue weighted by atomic mass is 9.94. The summed E-state index contributed by atoms with van der Waals surface area (Å²) in [4.78, 5) is 33.7. The van der Waals surface area contributed by atoms with Gasteiger partial charge in [0.2, 0.25) is 0 Å². The van der Waals surface area contributed by atoms with Crippen molar-refractivity contribution in [3.05, 3.63) is 46.6 Å². The Hall–Kier alpha value is -2.98. The number of hydrogen-bond donors (Lipinski definition) is 0. The molecule has 1 saturated heterocycles. The Labute approximate surface area is 203 Å². The number of aliphatic imine (C=N–C) groups is 1. The SMILES string of the molecule is CCOC(=O)C1=C(C)N=C2SC=CN2[C@H]1c1ccc(OCC(=O)N2CCOCC2)c(OCC)c1. The quantitative estimate of drug-likeness (QED) is 0.517. The molecule has 0 aliphatic carbocycles. The predicted molar refractivity (Wildman–Crippen MR) is 129 cm³/mol. The molecule has 1 atom stereocenters. The van der Waals surface area contributed by atoms with E-state index in [4.69, 9.17) is 18.9 Å². The summed E-state index contributed by atoms with van der Waals surface area (Å²) in [5.74, 6) is 0.495. The van der Waals surface area contributed by atoms with Crippen LogP contribution < -0.4 is 9.47 Å². The molecule has 0 aromatic heterocycles. The van der Waals surface area contributed by atoms with Gasteiger partial charge in [0.25, 0.3) is 5.91 Å². The first-order valence-corrected chi connectivity index (χ1v) is 12.2. The number of benzene rings is 1. The molecular weight excluding hydrogens is 458 g/mol. The molecular formula is C24H29N3O6S. The van der Waals surface area contributed by atoms with Gasteiger partial charge in [0.05, 0.1) is 43.7 Å². The van der Waals surface area contributed by atoms with Gasteiger partial charge in [0.1, 0.15) is 0 Å². The number of nitrogens with zero attached hydrogens (tertiary/aromatic N) is 3. The molecule has 0 bridgehead atoms. The molecule has 1 amide bonds. The summed E-state index contributed by atoms with van der Waals surface area (Å²) >= 11 is 1.50. The smallest absolute Gasteiger partial charge is 0.338 e. The van der Waals surface area contributed by atoms with E-state index in [0.717, 1.165) is 10.7 Å². The molecule has 3 heterocycles. The first-order valence-electron chi connectivity index (χ1n) is 11.4. The molecule has 0 N–H and O–H groups in total. The molecule has 1 fully saturated rings. The fraction of sp³-hybridized carbons (Fsp3) is 0.458. The number of amides is 1. The molecule has 10 heteroatoms. The zero-order valence-electron chi connectivity index (χ0n) is 19.6. The van der Waals surface area contributed by atoms with Gasteiger partial charge in [-0.2, -0.15) is 0 Å². The van der Waals surface area contributed by atoms with Crippen molar-refractivity contribution < 1.29 is 28.5 Å². The topological polar surface area (TPSA) is 89.9 Å². The maximum absolute atomic E-state index is 12.9. The van der Waals surface area contributed by atoms with Crippen molar-refractivity contribution in [2.75, 3.05) is 46.1 Å². The van der Waals surface area contributed by atoms with Gasteiger partial charge >= 0.3 is 5.97 Å². The lowest BCUT2D eigenvalue weighted by molar-refractivity contribution is -0.139. The van der Waals surface area contributed by atoms with E-state index in [1.807, 2.05) is 42.5 Å². The fourth-order valence-corrected chi connectivity index (χ4v) is 4.82. The van der Waals surface area contributed by atoms with Crippen molar-refractivity contribution in [1.82, 2.24) is 9.80 Å². The highest BCUT2D eigenvalue weighted by Crippen LogP contribution is 2.43. The Morgan fingerprint density at radius 1 is 1.15 bits per heavy atom. The van der Waals surface area contributed by atoms with Gasteiger partial charge in [0.15, 0.2) is 23.3 Å². The summed E-state index contributed by atoms with van der Waals surface area (Å²) in [6.07, 6.45) is 1.91. The van der Waals surface area contributed by atoms with E-state index in [2.05, 4.69) is 4.99 Å². The number of morpholine rings is 1. The van der Waals surface area contributed by atoms with Crippen LogP contribution in [0.15, 0.2) is 46.1 Å². The van der Waals surface area contributed by atoms with Crippen molar-refractivity contribution in [1.29, 1.82) is 0 Å². The van der Waals surface area contributed by atoms with Gasteiger partial charge in [-0.3, -0.25) is 4.79 Å². The van der Waals surface area contributed by atoms with Crippen LogP contribution in [0.2, 0.25) is 0 Å². The fourth-order valence-electron chi connectivity index (χ4n) is 4.02. The number of allylic oxidation sites excluding steroid dienone is 1. The number of amidine groups is 1. The van der Waals surface area contributed by atoms with Crippen LogP contribution in [0.3, 0.4) is 0 Å². The van der Waals surface area contributed by atoms with Crippen molar-refractivity contribution in [2.45, 2.75) is 26.8 Å². The molecule has 1 aromatic carbocycles. The van der Waals surface area contributed by atoms with E-state index in [1.54, 1.807) is 17.9 Å². The van der Waals surface area contributed by atoms with E-state index < -0.39 is 12.0 Å². The van der Waals surface area contributed by atoms with Gasteiger partial charge in [-0.15, -0.1) is 0 Å². The van der Waals surface area contributed by atoms with Crippen LogP contribution in [-0.4, -0.2) is 73.0 Å². The first kappa shape index (κ1) is 24.2. The number of esters is 1. The van der Waals surface area contributed by atoms with Crippen LogP contribution in [0.4, 0.5) is 0 Å². The summed E-state index contributed by atoms with van der Waals surface area (Å²) in [6.45, 7) is 8.30. The van der Waals surface area contributed by atoms with Gasteiger partial charge in [0, 0.05) is 19.3 Å². The van der Waals surface area contributed by atoms with Gasteiger partial charge in [-0.1, -0.05) is 17.8 Å². The number of fused-ring (bicyclic) bond motifs is 1. The Morgan fingerprint density at radius 3 is 2.68 bits per heavy atom. The van der Waals surface area contributed by atoms with Crippen LogP contribution in [-0.2, 0) is 19.1 Å². The van der Waals surface area contributed by atoms with Crippen LogP contribution in [0, 0.1) is 0 Å². The molecule has 34 heavy (non-hydrogen) atoms. The Bertz CT molecular complexity index is 1030. The minimum Gasteiger partial charge on any atom is -0.490 e. The molecule has 0 saturated carbocycles. The summed E-state index contributed by atoms with van der Waals surface area (Å²) in [5, 5.41) is 2.73. The molecule has 0 unspecified atom stereocenters. The molecule has 182 valence electrons. The third-order valence-corrected chi connectivity index (χ3v) is 6.38. The molecule has 3 aliphatic rings. The van der Waals surface area contributed by atoms with Gasteiger partial charge < -0.3 is 28.7 Å². The highest BCUT2D eigenvalue weighted by molar-refractivity contribution is 8.16. The number of thioether (sulfide) groups is 1. The number of rotatable bonds is 8. The minimum atomic E-state index is -0.416. The third kappa shape index (κ3) is 5.07. The molecule has 4 rings (SSSR count). The van der Waals surface area contributed by atoms with E-state index in [1.165, 1.54) is 11.8 Å². The molecule has 3 aliphatic heterocycles. The van der Waals surface area contributed by atoms with E-state index >= 15 is 0 Å². The van der Waals surface area contributed by atoms with Crippen LogP contribution in [0.1, 0.15) is 32.4 Å². The predicted octanol–water partition coefficient (Wildman–Crippen LogP) is 3.09. The number of carbonyl (C=O) groups excluding carboxylic acids is 2. The van der Waals surface area contributed by atoms with Crippen molar-refractivity contribution >= 4 is 28.8 Å². The Morgan fingerprint density at radius 2 is 1.94 bits per heavy atom. The zero-order chi connectivity index (χ0) is 24.1. The average molecular weight is 488 g/mol. The second-order valence-corrected chi connectivity index (χ2v) is 8.62. The van der Waals surface area contributed by atoms with E-state index in [9.17, 15) is 9.59 Å². The van der Waals surface area contributed by atoms with Gasteiger partial charge in [-0.05, 0) is 43.9 Å². The highest BCUT2D eigenvalue weighted by Gasteiger charge is 2.37. The summed E-state index contributed by atoms with van der Waals surface area (Å²) in [5.41, 5.74) is 1.94. The monoisotopic (exact) mass is 487 g/mol. The van der Waals surface area contributed by atoms with Gasteiger partial charge in [-0.25, -0.2) is 9.79 Å². The normalized spacial score (nSPS) is 19.6. The highest BCUT2D eigenvalue weighted by atomic mass is 32.2. The second-order valence-electron chi connectivity index (χ2n) is 7.75. The van der Waals surface area contributed by atoms with Crippen molar-refractivity contribution in [3.8, 4) is 11.5 Å². The van der Waals surface area contributed by atoms with E-state index in [0.29, 0.717) is 55.7 Å². The standard InChI is InChI=1S/C24H29N3O6S/c1-4-31-19-14-17(6-7-18(19)33-15-20(28)26-8-11-30-12-9-26)22-21(23(29)32-5-2)16(3)25-24-27(22)10-13-34-24/h6-7,10,13-14,22H,4-5,8-9,11-12,15H2,1-3H3/t22-/m0/s1. The molecule has 0 spiro atoms. The average Bonchev–Trinajstić information content (AvgIpc) is 3.31. The number of carbonyl (C=O) groups is 2. The largest absolute Gasteiger partial charge is 0.490 e. The maximum atomic E-state index is 12.9. The Balaban J connectivity index is 1.61. The Kier molecular flexibility index (Phi) is 7.79. The lowest BCUT2D eigenvalue weighted by Crippen LogP contribution is -2.43. The van der Waals surface area contributed by atoms with Crippen LogP contribution in [0.25, 0.3) is 0 Å². The van der Waals surface area contributed by atoms with Crippen LogP contribution >= 0.6 is 11.8 Å². The molecule has 0 radical (unpaired) electrons. The third-order valence-electron chi connectivity index (χ3n) is 5.61. The van der Waals surface area contributed by atoms with Crippen molar-refractivity contribution in [2.24, 2.45) is 4.99 Å². The second kappa shape index (κ2) is 11.0.